The molecule has 1 N–H and O–H groups in total. The number of nitrogens with one attached hydrogen (secondary N) is 1. The van der Waals surface area contributed by atoms with Crippen LogP contribution in [0.1, 0.15) is 18.1 Å². The number of anilines is 1. The number of benzene rings is 2. The lowest BCUT2D eigenvalue weighted by molar-refractivity contribution is -0.137. The van der Waals surface area contributed by atoms with Crippen LogP contribution in [-0.4, -0.2) is 39.8 Å². The van der Waals surface area contributed by atoms with Crippen LogP contribution in [0.25, 0.3) is 0 Å². The molecule has 0 aliphatic carbocycles. The van der Waals surface area contributed by atoms with E-state index in [0.717, 1.165) is 22.7 Å². The van der Waals surface area contributed by atoms with Crippen molar-refractivity contribution >= 4 is 21.6 Å². The van der Waals surface area contributed by atoms with Gasteiger partial charge in [0.15, 0.2) is 11.5 Å². The Morgan fingerprint density at radius 3 is 2.45 bits per heavy atom. The minimum Gasteiger partial charge on any atom is -0.486 e. The van der Waals surface area contributed by atoms with Crippen molar-refractivity contribution in [3.63, 3.8) is 0 Å². The highest BCUT2D eigenvalue weighted by Crippen LogP contribution is 2.35. The molecule has 0 saturated heterocycles. The zero-order valence-corrected chi connectivity index (χ0v) is 17.6. The molecule has 2 aromatic carbocycles. The summed E-state index contributed by atoms with van der Waals surface area (Å²) < 4.78 is 75.2. The molecule has 3 rings (SSSR count). The maximum atomic E-state index is 12.9. The molecule has 0 spiro atoms. The van der Waals surface area contributed by atoms with Gasteiger partial charge in [0.2, 0.25) is 15.9 Å². The van der Waals surface area contributed by atoms with E-state index in [4.69, 9.17) is 9.47 Å². The molecule has 1 aliphatic rings. The highest BCUT2D eigenvalue weighted by molar-refractivity contribution is 7.92. The zero-order chi connectivity index (χ0) is 22.8. The molecule has 0 saturated carbocycles. The van der Waals surface area contributed by atoms with Crippen LogP contribution in [0.2, 0.25) is 0 Å². The zero-order valence-electron chi connectivity index (χ0n) is 16.8. The van der Waals surface area contributed by atoms with Crippen LogP contribution in [0.15, 0.2) is 42.5 Å². The Morgan fingerprint density at radius 2 is 1.81 bits per heavy atom. The van der Waals surface area contributed by atoms with Crippen molar-refractivity contribution in [1.29, 1.82) is 0 Å². The highest BCUT2D eigenvalue weighted by atomic mass is 32.2. The Kier molecular flexibility index (Phi) is 6.35. The summed E-state index contributed by atoms with van der Waals surface area (Å²) >= 11 is 0. The molecule has 1 aliphatic heterocycles. The third-order valence-corrected chi connectivity index (χ3v) is 5.83. The third-order valence-electron chi connectivity index (χ3n) is 4.59. The van der Waals surface area contributed by atoms with Crippen molar-refractivity contribution in [3.8, 4) is 11.5 Å². The summed E-state index contributed by atoms with van der Waals surface area (Å²) in [5, 5.41) is 2.49. The van der Waals surface area contributed by atoms with Crippen LogP contribution in [0, 0.1) is 0 Å². The van der Waals surface area contributed by atoms with E-state index in [9.17, 15) is 26.4 Å². The van der Waals surface area contributed by atoms with Crippen LogP contribution in [0.3, 0.4) is 0 Å². The normalized spacial score (nSPS) is 14.6. The van der Waals surface area contributed by atoms with Crippen LogP contribution in [0.5, 0.6) is 11.5 Å². The number of hydrogen-bond donors (Lipinski definition) is 1. The predicted octanol–water partition coefficient (Wildman–Crippen LogP) is 2.95. The van der Waals surface area contributed by atoms with Crippen molar-refractivity contribution < 1.29 is 35.9 Å². The number of carbonyl (C=O) groups excluding carboxylic acids is 1. The van der Waals surface area contributed by atoms with Gasteiger partial charge in [-0.1, -0.05) is 12.1 Å². The standard InChI is InChI=1S/C20H21F3N2O5S/c1-13(19(26)24-12-14-4-3-5-15(10-14)20(21,22)23)25(31(2,27)28)16-6-7-17-18(11-16)30-9-8-29-17/h3-7,10-11,13H,8-9,12H2,1-2H3,(H,24,26)/t13-/m1/s1. The molecule has 0 bridgehead atoms. The summed E-state index contributed by atoms with van der Waals surface area (Å²) in [7, 11) is -3.87. The molecule has 1 amide bonds. The molecule has 31 heavy (non-hydrogen) atoms. The Hall–Kier alpha value is -2.95. The van der Waals surface area contributed by atoms with Crippen molar-refractivity contribution in [2.24, 2.45) is 0 Å². The fraction of sp³-hybridized carbons (Fsp3) is 0.350. The monoisotopic (exact) mass is 458 g/mol. The van der Waals surface area contributed by atoms with Crippen molar-refractivity contribution in [1.82, 2.24) is 5.32 Å². The molecule has 0 unspecified atom stereocenters. The number of rotatable bonds is 6. The number of ether oxygens (including phenoxy) is 2. The van der Waals surface area contributed by atoms with E-state index in [1.807, 2.05) is 0 Å². The van der Waals surface area contributed by atoms with Gasteiger partial charge in [-0.25, -0.2) is 8.42 Å². The largest absolute Gasteiger partial charge is 0.486 e. The average Bonchev–Trinajstić information content (AvgIpc) is 2.70. The molecule has 7 nitrogen and oxygen atoms in total. The minimum atomic E-state index is -4.50. The first-order valence-corrected chi connectivity index (χ1v) is 11.1. The SMILES string of the molecule is C[C@H](C(=O)NCc1cccc(C(F)(F)F)c1)N(c1ccc2c(c1)OCCO2)S(C)(=O)=O. The molecular weight excluding hydrogens is 437 g/mol. The number of fused-ring (bicyclic) bond motifs is 1. The van der Waals surface area contributed by atoms with Crippen LogP contribution < -0.4 is 19.1 Å². The summed E-state index contributed by atoms with van der Waals surface area (Å²) in [5.41, 5.74) is -0.393. The average molecular weight is 458 g/mol. The van der Waals surface area contributed by atoms with Gasteiger partial charge >= 0.3 is 6.18 Å². The quantitative estimate of drug-likeness (QED) is 0.720. The smallest absolute Gasteiger partial charge is 0.416 e. The molecule has 0 radical (unpaired) electrons. The predicted molar refractivity (Wildman–Crippen MR) is 108 cm³/mol. The maximum absolute atomic E-state index is 12.9. The van der Waals surface area contributed by atoms with E-state index in [1.165, 1.54) is 31.2 Å². The molecule has 1 heterocycles. The van der Waals surface area contributed by atoms with Gasteiger partial charge in [-0.3, -0.25) is 9.10 Å². The van der Waals surface area contributed by atoms with Gasteiger partial charge in [-0.2, -0.15) is 13.2 Å². The number of alkyl halides is 3. The number of halogens is 3. The third kappa shape index (κ3) is 5.40. The molecule has 1 atom stereocenters. The number of amides is 1. The fourth-order valence-electron chi connectivity index (χ4n) is 3.17. The van der Waals surface area contributed by atoms with E-state index < -0.39 is 33.7 Å². The van der Waals surface area contributed by atoms with E-state index in [-0.39, 0.29) is 17.8 Å². The lowest BCUT2D eigenvalue weighted by Gasteiger charge is -2.29. The second-order valence-corrected chi connectivity index (χ2v) is 8.84. The van der Waals surface area contributed by atoms with Gasteiger partial charge in [0.1, 0.15) is 19.3 Å². The molecule has 168 valence electrons. The molecule has 2 aromatic rings. The summed E-state index contributed by atoms with van der Waals surface area (Å²) in [6.45, 7) is 1.88. The second-order valence-electron chi connectivity index (χ2n) is 6.98. The van der Waals surface area contributed by atoms with Gasteiger partial charge in [-0.15, -0.1) is 0 Å². The first-order chi connectivity index (χ1) is 14.5. The van der Waals surface area contributed by atoms with Crippen molar-refractivity contribution in [2.75, 3.05) is 23.8 Å². The Balaban J connectivity index is 1.78. The van der Waals surface area contributed by atoms with Crippen LogP contribution in [-0.2, 0) is 27.5 Å². The summed E-state index contributed by atoms with van der Waals surface area (Å²) in [6, 6.07) is 7.89. The van der Waals surface area contributed by atoms with Gasteiger partial charge in [-0.05, 0) is 36.8 Å². The van der Waals surface area contributed by atoms with Crippen LogP contribution in [0.4, 0.5) is 18.9 Å². The lowest BCUT2D eigenvalue weighted by atomic mass is 10.1. The second kappa shape index (κ2) is 8.66. The minimum absolute atomic E-state index is 0.189. The number of carbonyl (C=O) groups is 1. The Bertz CT molecular complexity index is 1070. The highest BCUT2D eigenvalue weighted by Gasteiger charge is 2.31. The van der Waals surface area contributed by atoms with Crippen molar-refractivity contribution in [2.45, 2.75) is 25.7 Å². The van der Waals surface area contributed by atoms with Crippen molar-refractivity contribution in [3.05, 3.63) is 53.6 Å². The van der Waals surface area contributed by atoms with Gasteiger partial charge in [0.05, 0.1) is 17.5 Å². The van der Waals surface area contributed by atoms with Crippen LogP contribution >= 0.6 is 0 Å². The first kappa shape index (κ1) is 22.7. The fourth-order valence-corrected chi connectivity index (χ4v) is 4.34. The molecule has 0 fully saturated rings. The van der Waals surface area contributed by atoms with E-state index in [2.05, 4.69) is 5.32 Å². The van der Waals surface area contributed by atoms with E-state index in [0.29, 0.717) is 24.7 Å². The number of sulfonamides is 1. The summed E-state index contributed by atoms with van der Waals surface area (Å²) in [6.07, 6.45) is -3.54. The Labute approximate surface area is 177 Å². The molecular formula is C20H21F3N2O5S. The van der Waals surface area contributed by atoms with Gasteiger partial charge < -0.3 is 14.8 Å². The molecule has 11 heteroatoms. The maximum Gasteiger partial charge on any atom is 0.416 e. The van der Waals surface area contributed by atoms with Gasteiger partial charge in [0, 0.05) is 12.6 Å². The molecule has 0 aromatic heterocycles. The number of nitrogens with zero attached hydrogens (tertiary/aromatic N) is 1. The topological polar surface area (TPSA) is 84.9 Å². The summed E-state index contributed by atoms with van der Waals surface area (Å²) in [4.78, 5) is 12.7. The number of hydrogen-bond acceptors (Lipinski definition) is 5. The first-order valence-electron chi connectivity index (χ1n) is 9.30. The Morgan fingerprint density at radius 1 is 1.13 bits per heavy atom. The van der Waals surface area contributed by atoms with E-state index in [1.54, 1.807) is 6.07 Å². The van der Waals surface area contributed by atoms with Gasteiger partial charge in [0.25, 0.3) is 0 Å². The van der Waals surface area contributed by atoms with E-state index >= 15 is 0 Å². The summed E-state index contributed by atoms with van der Waals surface area (Å²) in [5.74, 6) is 0.150. The lowest BCUT2D eigenvalue weighted by Crippen LogP contribution is -2.47.